The topological polar surface area (TPSA) is 82.9 Å². The van der Waals surface area contributed by atoms with Crippen molar-refractivity contribution in [1.82, 2.24) is 0 Å². The lowest BCUT2D eigenvalue weighted by Crippen LogP contribution is -2.33. The summed E-state index contributed by atoms with van der Waals surface area (Å²) in [4.78, 5) is 10.4. The molecule has 0 aliphatic carbocycles. The first-order valence-electron chi connectivity index (χ1n) is 5.68. The second kappa shape index (κ2) is 6.91. The Bertz CT molecular complexity index is 434. The molecule has 1 N–H and O–H groups in total. The standard InChI is InChI=1S/C12H18N2O5/c1-8(12(18-3)19-4)13-9-5-6-11(17-2)10(7-9)14(15)16/h5-8,12-13H,1-4H3. The van der Waals surface area contributed by atoms with Crippen LogP contribution in [0.5, 0.6) is 5.75 Å². The molecule has 1 rings (SSSR count). The summed E-state index contributed by atoms with van der Waals surface area (Å²) >= 11 is 0. The van der Waals surface area contributed by atoms with Crippen LogP contribution in [-0.2, 0) is 9.47 Å². The zero-order valence-electron chi connectivity index (χ0n) is 11.4. The predicted molar refractivity (Wildman–Crippen MR) is 70.5 cm³/mol. The van der Waals surface area contributed by atoms with Gasteiger partial charge in [-0.1, -0.05) is 0 Å². The molecule has 1 aromatic carbocycles. The van der Waals surface area contributed by atoms with E-state index in [4.69, 9.17) is 14.2 Å². The van der Waals surface area contributed by atoms with Gasteiger partial charge >= 0.3 is 5.69 Å². The fourth-order valence-corrected chi connectivity index (χ4v) is 1.76. The van der Waals surface area contributed by atoms with E-state index in [9.17, 15) is 10.1 Å². The van der Waals surface area contributed by atoms with Crippen LogP contribution in [0.1, 0.15) is 6.92 Å². The molecule has 0 spiro atoms. The van der Waals surface area contributed by atoms with Crippen LogP contribution in [0.2, 0.25) is 0 Å². The van der Waals surface area contributed by atoms with Crippen molar-refractivity contribution in [2.24, 2.45) is 0 Å². The second-order valence-electron chi connectivity index (χ2n) is 3.92. The predicted octanol–water partition coefficient (Wildman–Crippen LogP) is 2.02. The number of methoxy groups -OCH3 is 3. The third-order valence-electron chi connectivity index (χ3n) is 2.64. The second-order valence-corrected chi connectivity index (χ2v) is 3.92. The van der Waals surface area contributed by atoms with Crippen LogP contribution < -0.4 is 10.1 Å². The van der Waals surface area contributed by atoms with E-state index in [0.717, 1.165) is 0 Å². The van der Waals surface area contributed by atoms with Gasteiger partial charge < -0.3 is 19.5 Å². The molecule has 0 amide bonds. The van der Waals surface area contributed by atoms with Crippen molar-refractivity contribution in [3.63, 3.8) is 0 Å². The third-order valence-corrected chi connectivity index (χ3v) is 2.64. The fraction of sp³-hybridized carbons (Fsp3) is 0.500. The third kappa shape index (κ3) is 3.80. The number of nitrogens with one attached hydrogen (secondary N) is 1. The highest BCUT2D eigenvalue weighted by Crippen LogP contribution is 2.30. The fourth-order valence-electron chi connectivity index (χ4n) is 1.76. The SMILES string of the molecule is COc1ccc(NC(C)C(OC)OC)cc1[N+](=O)[O-]. The van der Waals surface area contributed by atoms with E-state index in [-0.39, 0.29) is 17.5 Å². The van der Waals surface area contributed by atoms with Gasteiger partial charge in [0.2, 0.25) is 0 Å². The number of hydrogen-bond donors (Lipinski definition) is 1. The Labute approximate surface area is 111 Å². The minimum absolute atomic E-state index is 0.0916. The first kappa shape index (κ1) is 15.2. The smallest absolute Gasteiger partial charge is 0.312 e. The molecule has 19 heavy (non-hydrogen) atoms. The number of rotatable bonds is 7. The molecular weight excluding hydrogens is 252 g/mol. The summed E-state index contributed by atoms with van der Waals surface area (Å²) in [5.41, 5.74) is 0.505. The molecule has 7 heteroatoms. The first-order chi connectivity index (χ1) is 9.03. The van der Waals surface area contributed by atoms with Gasteiger partial charge in [0.1, 0.15) is 0 Å². The number of hydrogen-bond acceptors (Lipinski definition) is 6. The maximum atomic E-state index is 10.9. The van der Waals surface area contributed by atoms with Crippen molar-refractivity contribution in [3.05, 3.63) is 28.3 Å². The molecule has 1 unspecified atom stereocenters. The zero-order valence-corrected chi connectivity index (χ0v) is 11.4. The molecule has 1 atom stereocenters. The van der Waals surface area contributed by atoms with E-state index in [0.29, 0.717) is 5.69 Å². The van der Waals surface area contributed by atoms with Crippen molar-refractivity contribution in [1.29, 1.82) is 0 Å². The zero-order chi connectivity index (χ0) is 14.4. The highest BCUT2D eigenvalue weighted by Gasteiger charge is 2.19. The normalized spacial score (nSPS) is 12.3. The maximum Gasteiger partial charge on any atom is 0.312 e. The molecule has 0 radical (unpaired) electrons. The summed E-state index contributed by atoms with van der Waals surface area (Å²) in [6.45, 7) is 1.85. The van der Waals surface area contributed by atoms with Crippen molar-refractivity contribution < 1.29 is 19.1 Å². The number of benzene rings is 1. The number of nitrogens with zero attached hydrogens (tertiary/aromatic N) is 1. The lowest BCUT2D eigenvalue weighted by molar-refractivity contribution is -0.385. The summed E-state index contributed by atoms with van der Waals surface area (Å²) in [6, 6.07) is 4.49. The molecule has 7 nitrogen and oxygen atoms in total. The molecule has 0 saturated heterocycles. The Morgan fingerprint density at radius 3 is 2.37 bits per heavy atom. The Morgan fingerprint density at radius 1 is 1.26 bits per heavy atom. The molecule has 0 bridgehead atoms. The van der Waals surface area contributed by atoms with Gasteiger partial charge in [-0.3, -0.25) is 10.1 Å². The highest BCUT2D eigenvalue weighted by molar-refractivity contribution is 5.58. The van der Waals surface area contributed by atoms with Gasteiger partial charge in [0.15, 0.2) is 12.0 Å². The van der Waals surface area contributed by atoms with E-state index < -0.39 is 11.2 Å². The molecule has 0 aromatic heterocycles. The first-order valence-corrected chi connectivity index (χ1v) is 5.68. The van der Waals surface area contributed by atoms with Gasteiger partial charge in [-0.2, -0.15) is 0 Å². The molecule has 0 aliphatic heterocycles. The van der Waals surface area contributed by atoms with E-state index in [1.165, 1.54) is 27.4 Å². The average molecular weight is 270 g/mol. The summed E-state index contributed by atoms with van der Waals surface area (Å²) in [5, 5.41) is 14.0. The lowest BCUT2D eigenvalue weighted by Gasteiger charge is -2.23. The van der Waals surface area contributed by atoms with E-state index in [1.807, 2.05) is 6.92 Å². The molecule has 106 valence electrons. The van der Waals surface area contributed by atoms with Crippen LogP contribution >= 0.6 is 0 Å². The van der Waals surface area contributed by atoms with Gasteiger partial charge in [-0.25, -0.2) is 0 Å². The van der Waals surface area contributed by atoms with Gasteiger partial charge in [0.25, 0.3) is 0 Å². The lowest BCUT2D eigenvalue weighted by atomic mass is 10.2. The minimum atomic E-state index is -0.487. The molecule has 0 heterocycles. The summed E-state index contributed by atoms with van der Waals surface area (Å²) in [6.07, 6.45) is -0.443. The molecule has 0 aliphatic rings. The van der Waals surface area contributed by atoms with Crippen molar-refractivity contribution in [2.45, 2.75) is 19.3 Å². The molecular formula is C12H18N2O5. The number of nitro benzene ring substituents is 1. The van der Waals surface area contributed by atoms with Gasteiger partial charge in [-0.15, -0.1) is 0 Å². The summed E-state index contributed by atoms with van der Waals surface area (Å²) in [7, 11) is 4.45. The summed E-state index contributed by atoms with van der Waals surface area (Å²) < 4.78 is 15.2. The van der Waals surface area contributed by atoms with Crippen LogP contribution in [0.25, 0.3) is 0 Å². The van der Waals surface area contributed by atoms with Crippen LogP contribution in [0.4, 0.5) is 11.4 Å². The van der Waals surface area contributed by atoms with E-state index in [1.54, 1.807) is 12.1 Å². The van der Waals surface area contributed by atoms with Crippen LogP contribution in [0.3, 0.4) is 0 Å². The van der Waals surface area contributed by atoms with Crippen LogP contribution in [0.15, 0.2) is 18.2 Å². The largest absolute Gasteiger partial charge is 0.490 e. The quantitative estimate of drug-likeness (QED) is 0.463. The van der Waals surface area contributed by atoms with E-state index >= 15 is 0 Å². The molecule has 0 saturated carbocycles. The molecule has 1 aromatic rings. The van der Waals surface area contributed by atoms with Crippen LogP contribution in [0, 0.1) is 10.1 Å². The minimum Gasteiger partial charge on any atom is -0.490 e. The molecule has 0 fully saturated rings. The maximum absolute atomic E-state index is 10.9. The van der Waals surface area contributed by atoms with Crippen LogP contribution in [-0.4, -0.2) is 38.6 Å². The number of nitro groups is 1. The average Bonchev–Trinajstić information content (AvgIpc) is 2.40. The Kier molecular flexibility index (Phi) is 5.53. The van der Waals surface area contributed by atoms with E-state index in [2.05, 4.69) is 5.32 Å². The number of anilines is 1. The Morgan fingerprint density at radius 2 is 1.89 bits per heavy atom. The summed E-state index contributed by atoms with van der Waals surface area (Å²) in [5.74, 6) is 0.221. The van der Waals surface area contributed by atoms with Crippen molar-refractivity contribution >= 4 is 11.4 Å². The van der Waals surface area contributed by atoms with Crippen molar-refractivity contribution in [3.8, 4) is 5.75 Å². The monoisotopic (exact) mass is 270 g/mol. The van der Waals surface area contributed by atoms with Crippen molar-refractivity contribution in [2.75, 3.05) is 26.6 Å². The Balaban J connectivity index is 2.90. The van der Waals surface area contributed by atoms with Gasteiger partial charge in [-0.05, 0) is 19.1 Å². The number of ether oxygens (including phenoxy) is 3. The highest BCUT2D eigenvalue weighted by atomic mass is 16.7. The van der Waals surface area contributed by atoms with Gasteiger partial charge in [0, 0.05) is 26.0 Å². The Hall–Kier alpha value is -1.86. The van der Waals surface area contributed by atoms with Gasteiger partial charge in [0.05, 0.1) is 18.1 Å².